The molecule has 1 aliphatic rings. The Morgan fingerprint density at radius 3 is 2.60 bits per heavy atom. The Balaban J connectivity index is 2.07. The van der Waals surface area contributed by atoms with Crippen LogP contribution >= 0.6 is 0 Å². The van der Waals surface area contributed by atoms with Crippen LogP contribution < -0.4 is 5.73 Å². The van der Waals surface area contributed by atoms with E-state index in [1.807, 2.05) is 0 Å². The Hall–Kier alpha value is -0.570. The monoisotopic (exact) mass is 212 g/mol. The summed E-state index contributed by atoms with van der Waals surface area (Å²) in [7, 11) is 0. The molecule has 3 nitrogen and oxygen atoms in total. The third-order valence-electron chi connectivity index (χ3n) is 2.88. The zero-order valence-electron chi connectivity index (χ0n) is 10.0. The molecule has 0 amide bonds. The van der Waals surface area contributed by atoms with Gasteiger partial charge in [-0.25, -0.2) is 0 Å². The molecule has 15 heavy (non-hydrogen) atoms. The fourth-order valence-corrected chi connectivity index (χ4v) is 1.81. The van der Waals surface area contributed by atoms with Crippen molar-refractivity contribution < 1.29 is 4.74 Å². The molecule has 0 aromatic rings. The van der Waals surface area contributed by atoms with Crippen molar-refractivity contribution in [1.82, 2.24) is 0 Å². The van der Waals surface area contributed by atoms with Crippen molar-refractivity contribution in [1.29, 1.82) is 0 Å². The van der Waals surface area contributed by atoms with Crippen LogP contribution in [-0.2, 0) is 4.74 Å². The Morgan fingerprint density at radius 2 is 2.00 bits per heavy atom. The second-order valence-corrected chi connectivity index (χ2v) is 4.59. The van der Waals surface area contributed by atoms with E-state index in [1.54, 1.807) is 0 Å². The van der Waals surface area contributed by atoms with Crippen LogP contribution in [-0.4, -0.2) is 25.1 Å². The van der Waals surface area contributed by atoms with Gasteiger partial charge in [0.2, 0.25) is 0 Å². The van der Waals surface area contributed by atoms with Gasteiger partial charge in [-0.05, 0) is 12.8 Å². The number of nitrogens with zero attached hydrogens (tertiary/aromatic N) is 1. The van der Waals surface area contributed by atoms with Crippen LogP contribution in [0.5, 0.6) is 0 Å². The maximum absolute atomic E-state index is 5.75. The fraction of sp³-hybridized carbons (Fsp3) is 0.917. The molecule has 3 heteroatoms. The first-order valence-corrected chi connectivity index (χ1v) is 6.11. The first-order chi connectivity index (χ1) is 7.20. The molecule has 1 fully saturated rings. The molecule has 2 N–H and O–H groups in total. The summed E-state index contributed by atoms with van der Waals surface area (Å²) in [5.74, 6) is 1.09. The van der Waals surface area contributed by atoms with Gasteiger partial charge in [0, 0.05) is 5.92 Å². The van der Waals surface area contributed by atoms with Crippen molar-refractivity contribution in [3.8, 4) is 0 Å². The number of hydrogen-bond donors (Lipinski definition) is 1. The lowest BCUT2D eigenvalue weighted by Gasteiger charge is -2.21. The average molecular weight is 212 g/mol. The van der Waals surface area contributed by atoms with Crippen molar-refractivity contribution in [3.63, 3.8) is 0 Å². The summed E-state index contributed by atoms with van der Waals surface area (Å²) < 4.78 is 5.75. The van der Waals surface area contributed by atoms with Crippen LogP contribution in [0, 0.1) is 5.92 Å². The molecule has 88 valence electrons. The van der Waals surface area contributed by atoms with Crippen molar-refractivity contribution >= 4 is 5.84 Å². The van der Waals surface area contributed by atoms with E-state index in [2.05, 4.69) is 18.8 Å². The fourth-order valence-electron chi connectivity index (χ4n) is 1.81. The lowest BCUT2D eigenvalue weighted by molar-refractivity contribution is 0.0334. The molecular formula is C12H24N2O. The van der Waals surface area contributed by atoms with E-state index in [4.69, 9.17) is 10.5 Å². The summed E-state index contributed by atoms with van der Waals surface area (Å²) in [4.78, 5) is 4.28. The van der Waals surface area contributed by atoms with Crippen LogP contribution in [0.1, 0.15) is 46.0 Å². The van der Waals surface area contributed by atoms with Gasteiger partial charge in [0.15, 0.2) is 0 Å². The highest BCUT2D eigenvalue weighted by molar-refractivity contribution is 5.82. The second kappa shape index (κ2) is 6.83. The third kappa shape index (κ3) is 5.17. The van der Waals surface area contributed by atoms with Gasteiger partial charge < -0.3 is 10.5 Å². The molecule has 0 spiro atoms. The molecule has 0 atom stereocenters. The second-order valence-electron chi connectivity index (χ2n) is 4.59. The molecule has 1 rings (SSSR count). The van der Waals surface area contributed by atoms with Crippen LogP contribution in [0.2, 0.25) is 0 Å². The number of nitrogens with two attached hydrogens (primary N) is 1. The Kier molecular flexibility index (Phi) is 5.69. The summed E-state index contributed by atoms with van der Waals surface area (Å²) in [6.45, 7) is 5.54. The van der Waals surface area contributed by atoms with Gasteiger partial charge >= 0.3 is 0 Å². The first kappa shape index (κ1) is 12.5. The van der Waals surface area contributed by atoms with E-state index in [0.29, 0.717) is 18.6 Å². The molecule has 0 saturated heterocycles. The topological polar surface area (TPSA) is 47.6 Å². The highest BCUT2D eigenvalue weighted by atomic mass is 16.5. The zero-order chi connectivity index (χ0) is 11.1. The molecule has 0 radical (unpaired) electrons. The maximum atomic E-state index is 5.75. The summed E-state index contributed by atoms with van der Waals surface area (Å²) in [6.07, 6.45) is 6.95. The third-order valence-corrected chi connectivity index (χ3v) is 2.88. The number of aliphatic imine (C=N–C) groups is 1. The van der Waals surface area contributed by atoms with Gasteiger partial charge in [0.25, 0.3) is 0 Å². The van der Waals surface area contributed by atoms with Crippen molar-refractivity contribution in [2.24, 2.45) is 16.6 Å². The quantitative estimate of drug-likeness (QED) is 0.432. The highest BCUT2D eigenvalue weighted by Gasteiger charge is 2.12. The standard InChI is InChI=1S/C12H24N2O/c1-10(2)12(13)14-8-9-15-11-6-4-3-5-7-11/h10-11H,3-9H2,1-2H3,(H2,13,14). The normalized spacial score (nSPS) is 19.8. The van der Waals surface area contributed by atoms with E-state index >= 15 is 0 Å². The minimum Gasteiger partial charge on any atom is -0.387 e. The number of rotatable bonds is 5. The van der Waals surface area contributed by atoms with E-state index in [-0.39, 0.29) is 0 Å². The Labute approximate surface area is 93.1 Å². The summed E-state index contributed by atoms with van der Waals surface area (Å²) in [5.41, 5.74) is 5.73. The van der Waals surface area contributed by atoms with Gasteiger partial charge in [-0.2, -0.15) is 0 Å². The summed E-state index contributed by atoms with van der Waals surface area (Å²) >= 11 is 0. The molecule has 1 aliphatic carbocycles. The molecule has 0 unspecified atom stereocenters. The van der Waals surface area contributed by atoms with Crippen LogP contribution in [0.25, 0.3) is 0 Å². The molecule has 0 aliphatic heterocycles. The smallest absolute Gasteiger partial charge is 0.0963 e. The number of amidine groups is 1. The molecule has 0 bridgehead atoms. The van der Waals surface area contributed by atoms with Crippen molar-refractivity contribution in [2.75, 3.05) is 13.2 Å². The SMILES string of the molecule is CC(C)C(N)=NCCOC1CCCCC1. The number of ether oxygens (including phenoxy) is 1. The lowest BCUT2D eigenvalue weighted by Crippen LogP contribution is -2.21. The molecule has 0 aromatic heterocycles. The predicted molar refractivity (Wildman–Crippen MR) is 64.2 cm³/mol. The largest absolute Gasteiger partial charge is 0.387 e. The molecule has 0 heterocycles. The average Bonchev–Trinajstić information content (AvgIpc) is 2.25. The first-order valence-electron chi connectivity index (χ1n) is 6.11. The zero-order valence-corrected chi connectivity index (χ0v) is 10.0. The minimum atomic E-state index is 0.347. The summed E-state index contributed by atoms with van der Waals surface area (Å²) in [6, 6.07) is 0. The van der Waals surface area contributed by atoms with Gasteiger partial charge in [-0.3, -0.25) is 4.99 Å². The van der Waals surface area contributed by atoms with E-state index in [0.717, 1.165) is 12.4 Å². The van der Waals surface area contributed by atoms with Crippen molar-refractivity contribution in [3.05, 3.63) is 0 Å². The Bertz CT molecular complexity index is 196. The summed E-state index contributed by atoms with van der Waals surface area (Å²) in [5, 5.41) is 0. The lowest BCUT2D eigenvalue weighted by atomic mass is 9.98. The van der Waals surface area contributed by atoms with Gasteiger partial charge in [0.1, 0.15) is 0 Å². The Morgan fingerprint density at radius 1 is 1.33 bits per heavy atom. The molecule has 0 aromatic carbocycles. The number of hydrogen-bond acceptors (Lipinski definition) is 2. The molecule has 1 saturated carbocycles. The highest BCUT2D eigenvalue weighted by Crippen LogP contribution is 2.19. The van der Waals surface area contributed by atoms with Crippen molar-refractivity contribution in [2.45, 2.75) is 52.1 Å². The van der Waals surface area contributed by atoms with Crippen LogP contribution in [0.3, 0.4) is 0 Å². The van der Waals surface area contributed by atoms with E-state index < -0.39 is 0 Å². The maximum Gasteiger partial charge on any atom is 0.0963 e. The van der Waals surface area contributed by atoms with Gasteiger partial charge in [-0.15, -0.1) is 0 Å². The molecular weight excluding hydrogens is 188 g/mol. The van der Waals surface area contributed by atoms with Crippen LogP contribution in [0.4, 0.5) is 0 Å². The minimum absolute atomic E-state index is 0.347. The van der Waals surface area contributed by atoms with E-state index in [1.165, 1.54) is 32.1 Å². The van der Waals surface area contributed by atoms with Gasteiger partial charge in [-0.1, -0.05) is 33.1 Å². The van der Waals surface area contributed by atoms with Crippen LogP contribution in [0.15, 0.2) is 4.99 Å². The predicted octanol–water partition coefficient (Wildman–Crippen LogP) is 2.35. The van der Waals surface area contributed by atoms with Gasteiger partial charge in [0.05, 0.1) is 25.1 Å². The van der Waals surface area contributed by atoms with E-state index in [9.17, 15) is 0 Å².